The van der Waals surface area contributed by atoms with E-state index in [0.29, 0.717) is 52.6 Å². The third-order valence-electron chi connectivity index (χ3n) is 13.1. The molecule has 7 nitrogen and oxygen atoms in total. The summed E-state index contributed by atoms with van der Waals surface area (Å²) in [5, 5.41) is 8.23. The minimum Gasteiger partial charge on any atom is -0.347 e. The van der Waals surface area contributed by atoms with Gasteiger partial charge in [-0.2, -0.15) is 5.10 Å². The van der Waals surface area contributed by atoms with Gasteiger partial charge in [0, 0.05) is 68.9 Å². The summed E-state index contributed by atoms with van der Waals surface area (Å²) in [5.74, 6) is 1.78. The Kier molecular flexibility index (Phi) is 10.6. The van der Waals surface area contributed by atoms with Crippen LogP contribution >= 0.6 is 0 Å². The van der Waals surface area contributed by atoms with Crippen LogP contribution in [0, 0.1) is 29.9 Å². The van der Waals surface area contributed by atoms with Crippen molar-refractivity contribution < 1.29 is 17.6 Å². The zero-order valence-corrected chi connectivity index (χ0v) is 33.1. The molecule has 5 aromatic rings. The topological polar surface area (TPSA) is 53.3 Å². The minimum atomic E-state index is -1.75. The van der Waals surface area contributed by atoms with Crippen molar-refractivity contribution in [1.82, 2.24) is 29.5 Å². The lowest BCUT2D eigenvalue weighted by atomic mass is 9.78. The number of anilines is 1. The Balaban J connectivity index is 0.00000138. The van der Waals surface area contributed by atoms with Crippen LogP contribution in [0.15, 0.2) is 30.5 Å². The highest BCUT2D eigenvalue weighted by molar-refractivity contribution is 6.18. The fraction of sp³-hybridized carbons (Fsp3) is 0.568. The molecule has 2 bridgehead atoms. The van der Waals surface area contributed by atoms with E-state index in [9.17, 15) is 8.78 Å². The number of hydrogen-bond acceptors (Lipinski definition) is 6. The van der Waals surface area contributed by atoms with E-state index in [1.165, 1.54) is 44.7 Å². The maximum atomic E-state index is 17.9. The predicted octanol–water partition coefficient (Wildman–Crippen LogP) is 9.49. The lowest BCUT2D eigenvalue weighted by molar-refractivity contribution is 0.116. The van der Waals surface area contributed by atoms with Crippen LogP contribution in [0.2, 0.25) is 0 Å². The zero-order chi connectivity index (χ0) is 38.6. The molecule has 3 saturated heterocycles. The maximum Gasteiger partial charge on any atom is 0.229 e. The Bertz CT molecular complexity index is 2200. The van der Waals surface area contributed by atoms with E-state index in [1.54, 1.807) is 4.68 Å². The number of likely N-dealkylation sites (tertiary alicyclic amines) is 2. The Morgan fingerprint density at radius 3 is 2.35 bits per heavy atom. The Hall–Kier alpha value is -3.83. The van der Waals surface area contributed by atoms with Gasteiger partial charge in [-0.3, -0.25) is 9.58 Å². The smallest absolute Gasteiger partial charge is 0.229 e. The van der Waals surface area contributed by atoms with E-state index in [-0.39, 0.29) is 17.0 Å². The van der Waals surface area contributed by atoms with Gasteiger partial charge in [0.25, 0.3) is 0 Å². The number of hydrogen-bond donors (Lipinski definition) is 0. The molecule has 0 spiro atoms. The van der Waals surface area contributed by atoms with Crippen LogP contribution in [0.1, 0.15) is 82.2 Å². The Morgan fingerprint density at radius 2 is 1.67 bits per heavy atom. The molecule has 0 radical (unpaired) electrons. The van der Waals surface area contributed by atoms with Gasteiger partial charge in [0.05, 0.1) is 5.39 Å². The van der Waals surface area contributed by atoms with Gasteiger partial charge in [0.15, 0.2) is 5.82 Å². The van der Waals surface area contributed by atoms with E-state index in [1.807, 2.05) is 39.2 Å². The molecule has 3 aliphatic heterocycles. The summed E-state index contributed by atoms with van der Waals surface area (Å²) >= 11 is 0. The molecule has 3 atom stereocenters. The van der Waals surface area contributed by atoms with Crippen LogP contribution in [-0.2, 0) is 19.9 Å². The molecular formula is C44H55F4N7. The van der Waals surface area contributed by atoms with Gasteiger partial charge in [-0.25, -0.2) is 27.5 Å². The molecule has 4 fully saturated rings. The SMILES string of the molecule is CCc1c(F)ccc2cc(C)cc(-c3c(F)c4nc(CC[C@]5(C)CCCN(C)C5)nc(N5C6CCC5CN(CC5CCC5)C6)c4c4cn(C)nc34)c12.FCF. The van der Waals surface area contributed by atoms with Crippen molar-refractivity contribution in [2.45, 2.75) is 97.1 Å². The molecule has 2 unspecified atom stereocenters. The number of fused-ring (bicyclic) bond motifs is 6. The first kappa shape index (κ1) is 38.1. The molecule has 1 aliphatic carbocycles. The van der Waals surface area contributed by atoms with Crippen molar-refractivity contribution in [2.75, 3.05) is 51.6 Å². The molecule has 0 amide bonds. The lowest BCUT2D eigenvalue weighted by Gasteiger charge is -2.44. The van der Waals surface area contributed by atoms with Crippen molar-refractivity contribution in [1.29, 1.82) is 0 Å². The number of piperazine rings is 1. The summed E-state index contributed by atoms with van der Waals surface area (Å²) in [6, 6.07) is 8.09. The average molecular weight is 758 g/mol. The zero-order valence-electron chi connectivity index (χ0n) is 33.1. The summed E-state index contributed by atoms with van der Waals surface area (Å²) in [5.41, 5.74) is 3.78. The first-order valence-corrected chi connectivity index (χ1v) is 20.4. The van der Waals surface area contributed by atoms with E-state index >= 15 is 8.78 Å². The molecule has 294 valence electrons. The van der Waals surface area contributed by atoms with E-state index in [4.69, 9.17) is 15.1 Å². The number of piperidine rings is 1. The molecule has 55 heavy (non-hydrogen) atoms. The number of nitrogens with zero attached hydrogens (tertiary/aromatic N) is 7. The van der Waals surface area contributed by atoms with Crippen molar-refractivity contribution in [3.05, 3.63) is 59.0 Å². The number of aryl methyl sites for hydroxylation is 4. The molecule has 4 aliphatic rings. The Morgan fingerprint density at radius 1 is 0.927 bits per heavy atom. The Labute approximate surface area is 322 Å². The third kappa shape index (κ3) is 7.09. The van der Waals surface area contributed by atoms with Gasteiger partial charge in [0.1, 0.15) is 28.5 Å². The second-order valence-corrected chi connectivity index (χ2v) is 17.3. The number of alkyl halides is 2. The normalized spacial score (nSPS) is 23.5. The lowest BCUT2D eigenvalue weighted by Crippen LogP contribution is -2.55. The summed E-state index contributed by atoms with van der Waals surface area (Å²) < 4.78 is 54.4. The molecule has 9 rings (SSSR count). The summed E-state index contributed by atoms with van der Waals surface area (Å²) in [6.07, 6.45) is 12.8. The quantitative estimate of drug-likeness (QED) is 0.147. The molecule has 11 heteroatoms. The second kappa shape index (κ2) is 15.3. The molecule has 0 N–H and O–H groups in total. The van der Waals surface area contributed by atoms with Crippen molar-refractivity contribution >= 4 is 38.4 Å². The predicted molar refractivity (Wildman–Crippen MR) is 214 cm³/mol. The minimum absolute atomic E-state index is 0.162. The molecule has 1 saturated carbocycles. The van der Waals surface area contributed by atoms with E-state index in [2.05, 4.69) is 34.7 Å². The molecule has 3 aromatic carbocycles. The van der Waals surface area contributed by atoms with Crippen LogP contribution in [0.25, 0.3) is 43.7 Å². The van der Waals surface area contributed by atoms with E-state index < -0.39 is 6.93 Å². The molecule has 2 aromatic heterocycles. The largest absolute Gasteiger partial charge is 0.347 e. The monoisotopic (exact) mass is 757 g/mol. The number of benzene rings is 3. The number of rotatable bonds is 8. The fourth-order valence-electron chi connectivity index (χ4n) is 10.5. The first-order chi connectivity index (χ1) is 26.5. The average Bonchev–Trinajstić information content (AvgIpc) is 3.64. The fourth-order valence-corrected chi connectivity index (χ4v) is 10.5. The van der Waals surface area contributed by atoms with Crippen molar-refractivity contribution in [3.63, 3.8) is 0 Å². The van der Waals surface area contributed by atoms with Crippen LogP contribution in [0.3, 0.4) is 0 Å². The van der Waals surface area contributed by atoms with Crippen molar-refractivity contribution in [2.24, 2.45) is 18.4 Å². The summed E-state index contributed by atoms with van der Waals surface area (Å²) in [6.45, 7) is 10.0. The third-order valence-corrected chi connectivity index (χ3v) is 13.1. The van der Waals surface area contributed by atoms with Gasteiger partial charge < -0.3 is 9.80 Å². The maximum absolute atomic E-state index is 17.9. The summed E-state index contributed by atoms with van der Waals surface area (Å²) in [4.78, 5) is 18.3. The molecule has 5 heterocycles. The van der Waals surface area contributed by atoms with Crippen LogP contribution in [-0.4, -0.2) is 88.3 Å². The first-order valence-electron chi connectivity index (χ1n) is 20.4. The van der Waals surface area contributed by atoms with E-state index in [0.717, 1.165) is 90.1 Å². The van der Waals surface area contributed by atoms with Crippen LogP contribution in [0.4, 0.5) is 23.4 Å². The van der Waals surface area contributed by atoms with Gasteiger partial charge in [0.2, 0.25) is 6.93 Å². The van der Waals surface area contributed by atoms with Gasteiger partial charge in [-0.05, 0) is 117 Å². The summed E-state index contributed by atoms with van der Waals surface area (Å²) in [7, 11) is 4.11. The number of halogens is 4. The second-order valence-electron chi connectivity index (χ2n) is 17.3. The van der Waals surface area contributed by atoms with Gasteiger partial charge in [-0.15, -0.1) is 0 Å². The van der Waals surface area contributed by atoms with Crippen molar-refractivity contribution in [3.8, 4) is 11.1 Å². The highest BCUT2D eigenvalue weighted by atomic mass is 19.3. The van der Waals surface area contributed by atoms with Crippen LogP contribution < -0.4 is 4.90 Å². The standard InChI is InChI=1S/C43H53F2N7.CH2F2/c1-6-31-34(44)14-11-28-19-26(2)20-32(36(28)31)37-39(45)41-38(33-24-50(5)48-40(33)37)42(47-35(46-41)15-17-43(3)16-8-18-49(4)25-43)52-29-12-13-30(52)23-51(22-29)21-27-9-7-10-27;2-1-3/h11,14,19-20,24,27,29-30H,6-10,12-13,15-18,21-23,25H2,1-5H3;1H2/t29?,30?,43-;/m0./s1. The highest BCUT2D eigenvalue weighted by Gasteiger charge is 2.43. The van der Waals surface area contributed by atoms with Gasteiger partial charge >= 0.3 is 0 Å². The molecular weight excluding hydrogens is 703 g/mol. The van der Waals surface area contributed by atoms with Gasteiger partial charge in [-0.1, -0.05) is 38.5 Å². The highest BCUT2D eigenvalue weighted by Crippen LogP contribution is 2.46. The number of aromatic nitrogens is 4. The van der Waals surface area contributed by atoms with Crippen LogP contribution in [0.5, 0.6) is 0 Å².